The van der Waals surface area contributed by atoms with Gasteiger partial charge in [0.1, 0.15) is 6.42 Å². The van der Waals surface area contributed by atoms with E-state index in [1.807, 2.05) is 48.7 Å². The molecule has 24 heavy (non-hydrogen) atoms. The number of hydrogen-bond donors (Lipinski definition) is 0. The maximum absolute atomic E-state index is 12.9. The molecule has 4 rings (SSSR count). The van der Waals surface area contributed by atoms with Gasteiger partial charge in [0.25, 0.3) is 0 Å². The number of likely N-dealkylation sites (N-methyl/N-ethyl adjacent to an activating group) is 1. The molecular weight excluding hydrogens is 300 g/mol. The van der Waals surface area contributed by atoms with Crippen molar-refractivity contribution >= 4 is 23.7 Å². The molecule has 2 aliphatic rings. The number of amides is 2. The first-order chi connectivity index (χ1) is 11.6. The predicted octanol–water partition coefficient (Wildman–Crippen LogP) is 2.16. The maximum Gasteiger partial charge on any atom is 0.388 e. The molecule has 0 saturated carbocycles. The van der Waals surface area contributed by atoms with Crippen molar-refractivity contribution in [2.75, 3.05) is 18.5 Å². The highest BCUT2D eigenvalue weighted by Crippen LogP contribution is 2.44. The highest BCUT2D eigenvalue weighted by molar-refractivity contribution is 6.20. The van der Waals surface area contributed by atoms with E-state index in [2.05, 4.69) is 12.1 Å². The quantitative estimate of drug-likeness (QED) is 0.814. The lowest BCUT2D eigenvalue weighted by molar-refractivity contribution is -0.439. The number of anilines is 1. The molecule has 4 heteroatoms. The Balaban J connectivity index is 1.67. The molecule has 0 aromatic heterocycles. The fourth-order valence-corrected chi connectivity index (χ4v) is 3.77. The van der Waals surface area contributed by atoms with E-state index < -0.39 is 5.41 Å². The molecule has 0 N–H and O–H groups in total. The summed E-state index contributed by atoms with van der Waals surface area (Å²) in [6.45, 7) is 0.601. The molecule has 0 fully saturated rings. The topological polar surface area (TPSA) is 40.4 Å². The number of hydrogen-bond acceptors (Lipinski definition) is 2. The van der Waals surface area contributed by atoms with Gasteiger partial charge in [-0.3, -0.25) is 4.79 Å². The van der Waals surface area contributed by atoms with E-state index in [4.69, 9.17) is 0 Å². The first-order valence-corrected chi connectivity index (χ1v) is 8.19. The van der Waals surface area contributed by atoms with Crippen molar-refractivity contribution in [2.45, 2.75) is 18.3 Å². The molecule has 2 heterocycles. The molecule has 0 radical (unpaired) electrons. The van der Waals surface area contributed by atoms with Crippen LogP contribution in [0.3, 0.4) is 0 Å². The summed E-state index contributed by atoms with van der Waals surface area (Å²) in [6.07, 6.45) is 2.86. The Labute approximate surface area is 141 Å². The molecule has 2 amide bonds. The van der Waals surface area contributed by atoms with E-state index in [9.17, 15) is 9.59 Å². The number of nitrogens with zero attached hydrogens (tertiary/aromatic N) is 2. The third-order valence-electron chi connectivity index (χ3n) is 5.04. The van der Waals surface area contributed by atoms with Crippen molar-refractivity contribution in [1.29, 1.82) is 0 Å². The van der Waals surface area contributed by atoms with Crippen LogP contribution in [0.1, 0.15) is 17.5 Å². The summed E-state index contributed by atoms with van der Waals surface area (Å²) >= 11 is 0. The van der Waals surface area contributed by atoms with Crippen LogP contribution < -0.4 is 4.90 Å². The van der Waals surface area contributed by atoms with Crippen LogP contribution >= 0.6 is 0 Å². The normalized spacial score (nSPS) is 22.2. The van der Waals surface area contributed by atoms with Gasteiger partial charge in [0.05, 0.1) is 0 Å². The van der Waals surface area contributed by atoms with Gasteiger partial charge in [0, 0.05) is 24.7 Å². The molecule has 2 aliphatic heterocycles. The van der Waals surface area contributed by atoms with Crippen LogP contribution in [0.2, 0.25) is 0 Å². The summed E-state index contributed by atoms with van der Waals surface area (Å²) in [5.41, 5.74) is 2.21. The van der Waals surface area contributed by atoms with E-state index in [1.165, 1.54) is 5.56 Å². The fraction of sp³-hybridized carbons (Fsp3) is 0.250. The average molecular weight is 319 g/mol. The molecule has 1 atom stereocenters. The van der Waals surface area contributed by atoms with Crippen molar-refractivity contribution in [1.82, 2.24) is 0 Å². The molecular formula is C20H19N2O2+. The van der Waals surface area contributed by atoms with Crippen LogP contribution in [-0.2, 0) is 21.4 Å². The monoisotopic (exact) mass is 319 g/mol. The minimum atomic E-state index is -0.820. The third-order valence-corrected chi connectivity index (χ3v) is 5.04. The number of carbonyl (C=O) groups excluding carboxylic acids is 2. The van der Waals surface area contributed by atoms with Crippen molar-refractivity contribution in [2.24, 2.45) is 0 Å². The Morgan fingerprint density at radius 2 is 1.75 bits per heavy atom. The van der Waals surface area contributed by atoms with Crippen LogP contribution in [0.5, 0.6) is 0 Å². The number of benzene rings is 2. The van der Waals surface area contributed by atoms with Gasteiger partial charge < -0.3 is 4.90 Å². The molecule has 120 valence electrons. The fourth-order valence-electron chi connectivity index (χ4n) is 3.77. The smallest absolute Gasteiger partial charge is 0.314 e. The van der Waals surface area contributed by atoms with E-state index in [1.54, 1.807) is 16.5 Å². The second kappa shape index (κ2) is 5.41. The summed E-state index contributed by atoms with van der Waals surface area (Å²) in [5.74, 6) is 0.00338. The largest absolute Gasteiger partial charge is 0.388 e. The third kappa shape index (κ3) is 2.10. The van der Waals surface area contributed by atoms with Gasteiger partial charge in [-0.25, -0.2) is 4.79 Å². The van der Waals surface area contributed by atoms with Gasteiger partial charge >= 0.3 is 5.91 Å². The summed E-state index contributed by atoms with van der Waals surface area (Å²) in [6, 6.07) is 17.8. The first-order valence-electron chi connectivity index (χ1n) is 8.19. The van der Waals surface area contributed by atoms with Crippen LogP contribution in [0.15, 0.2) is 54.6 Å². The molecule has 0 unspecified atom stereocenters. The Morgan fingerprint density at radius 3 is 2.54 bits per heavy atom. The van der Waals surface area contributed by atoms with Gasteiger partial charge in [0.2, 0.25) is 5.91 Å². The lowest BCUT2D eigenvalue weighted by atomic mass is 9.81. The van der Waals surface area contributed by atoms with E-state index >= 15 is 0 Å². The van der Waals surface area contributed by atoms with Gasteiger partial charge in [-0.2, -0.15) is 4.58 Å². The Morgan fingerprint density at radius 1 is 1.04 bits per heavy atom. The molecule has 4 nitrogen and oxygen atoms in total. The van der Waals surface area contributed by atoms with Gasteiger partial charge in [-0.1, -0.05) is 48.5 Å². The van der Waals surface area contributed by atoms with E-state index in [0.29, 0.717) is 6.54 Å². The van der Waals surface area contributed by atoms with Crippen LogP contribution in [0.25, 0.3) is 0 Å². The van der Waals surface area contributed by atoms with Crippen LogP contribution in [-0.4, -0.2) is 36.2 Å². The minimum Gasteiger partial charge on any atom is -0.314 e. The van der Waals surface area contributed by atoms with Crippen molar-refractivity contribution < 1.29 is 14.2 Å². The Kier molecular flexibility index (Phi) is 3.34. The van der Waals surface area contributed by atoms with Crippen LogP contribution in [0.4, 0.5) is 5.69 Å². The molecule has 1 spiro atoms. The zero-order chi connectivity index (χ0) is 16.7. The van der Waals surface area contributed by atoms with E-state index in [0.717, 1.165) is 17.7 Å². The standard InChI is InChI=1S/C20H19N2O2/c1-21-17-10-6-5-9-16(17)20(19(21)24)13-18(23)22(14-20)12-11-15-7-3-2-4-8-15/h2-10,14H,11-13H2,1H3/q+1/t20-/m1/s1. The Bertz CT molecular complexity index is 857. The number of carbonyl (C=O) groups is 2. The summed E-state index contributed by atoms with van der Waals surface area (Å²) in [4.78, 5) is 27.1. The van der Waals surface area contributed by atoms with Crippen molar-refractivity contribution in [3.8, 4) is 0 Å². The zero-order valence-corrected chi connectivity index (χ0v) is 13.6. The summed E-state index contributed by atoms with van der Waals surface area (Å²) in [7, 11) is 1.78. The lowest BCUT2D eigenvalue weighted by Gasteiger charge is -2.14. The second-order valence-electron chi connectivity index (χ2n) is 6.48. The molecule has 0 aliphatic carbocycles. The van der Waals surface area contributed by atoms with Crippen LogP contribution in [0, 0.1) is 0 Å². The number of rotatable bonds is 3. The molecule has 2 aromatic carbocycles. The van der Waals surface area contributed by atoms with Gasteiger partial charge in [0.15, 0.2) is 18.2 Å². The van der Waals surface area contributed by atoms with Crippen molar-refractivity contribution in [3.05, 3.63) is 65.7 Å². The lowest BCUT2D eigenvalue weighted by Crippen LogP contribution is -2.38. The average Bonchev–Trinajstić information content (AvgIpc) is 3.06. The first kappa shape index (κ1) is 14.8. The maximum atomic E-state index is 12.9. The van der Waals surface area contributed by atoms with Gasteiger partial charge in [-0.15, -0.1) is 0 Å². The SMILES string of the molecule is CN1C(=O)[C@]2(C=[N+](CCc3ccccc3)C(=O)C2)c2ccccc21. The zero-order valence-electron chi connectivity index (χ0n) is 13.6. The second-order valence-corrected chi connectivity index (χ2v) is 6.48. The number of fused-ring (bicyclic) bond motifs is 2. The Hall–Kier alpha value is -2.75. The summed E-state index contributed by atoms with van der Waals surface area (Å²) < 4.78 is 1.72. The predicted molar refractivity (Wildman–Crippen MR) is 92.5 cm³/mol. The van der Waals surface area contributed by atoms with E-state index in [-0.39, 0.29) is 18.2 Å². The minimum absolute atomic E-state index is 0.0146. The number of para-hydroxylation sites is 1. The highest BCUT2D eigenvalue weighted by Gasteiger charge is 2.58. The summed E-state index contributed by atoms with van der Waals surface area (Å²) in [5, 5.41) is 0. The molecule has 0 saturated heterocycles. The molecule has 0 bridgehead atoms. The molecule has 2 aromatic rings. The highest BCUT2D eigenvalue weighted by atomic mass is 16.2. The van der Waals surface area contributed by atoms with Crippen molar-refractivity contribution in [3.63, 3.8) is 0 Å². The van der Waals surface area contributed by atoms with Gasteiger partial charge in [-0.05, 0) is 11.6 Å².